The van der Waals surface area contributed by atoms with Crippen LogP contribution in [0.4, 0.5) is 0 Å². The van der Waals surface area contributed by atoms with Crippen LogP contribution in [-0.4, -0.2) is 64.1 Å². The van der Waals surface area contributed by atoms with Crippen molar-refractivity contribution in [3.05, 3.63) is 52.8 Å². The molecule has 2 aromatic rings. The van der Waals surface area contributed by atoms with E-state index in [1.807, 2.05) is 34.7 Å². The van der Waals surface area contributed by atoms with Crippen molar-refractivity contribution in [2.75, 3.05) is 32.7 Å². The number of nitrogens with one attached hydrogen (secondary N) is 1. The molecule has 178 valence electrons. The number of carbonyl (C=O) groups excluding carboxylic acids is 2. The normalized spacial score (nSPS) is 17.8. The monoisotopic (exact) mass is 451 g/mol. The molecule has 1 aliphatic carbocycles. The van der Waals surface area contributed by atoms with E-state index in [-0.39, 0.29) is 11.8 Å². The van der Waals surface area contributed by atoms with Crippen LogP contribution in [0.25, 0.3) is 0 Å². The molecule has 2 heterocycles. The number of aryl methyl sites for hydroxylation is 1. The van der Waals surface area contributed by atoms with Gasteiger partial charge in [-0.2, -0.15) is 5.10 Å². The first kappa shape index (κ1) is 23.5. The summed E-state index contributed by atoms with van der Waals surface area (Å²) in [5.74, 6) is 0.580. The third-order valence-corrected chi connectivity index (χ3v) is 7.17. The van der Waals surface area contributed by atoms with Crippen LogP contribution < -0.4 is 5.32 Å². The average molecular weight is 452 g/mol. The van der Waals surface area contributed by atoms with Crippen LogP contribution in [0, 0.1) is 19.8 Å². The number of hydrogen-bond acceptors (Lipinski definition) is 4. The Kier molecular flexibility index (Phi) is 7.81. The number of nitrogens with zero attached hydrogens (tertiary/aromatic N) is 4. The SMILES string of the molecule is Cc1nn(Cc2ccccc2)c(C)c1CNC(=O)CN1CCN(C(=O)C2CCCCC2)CC1. The third kappa shape index (κ3) is 6.02. The minimum Gasteiger partial charge on any atom is -0.351 e. The van der Waals surface area contributed by atoms with Crippen LogP contribution in [0.1, 0.15) is 54.6 Å². The molecule has 4 rings (SSSR count). The molecule has 0 unspecified atom stereocenters. The van der Waals surface area contributed by atoms with Gasteiger partial charge in [-0.1, -0.05) is 49.6 Å². The first-order valence-electron chi connectivity index (χ1n) is 12.4. The fraction of sp³-hybridized carbons (Fsp3) is 0.577. The van der Waals surface area contributed by atoms with Gasteiger partial charge in [-0.3, -0.25) is 19.2 Å². The molecule has 0 spiro atoms. The average Bonchev–Trinajstić information content (AvgIpc) is 3.11. The molecule has 1 aromatic carbocycles. The van der Waals surface area contributed by atoms with Crippen molar-refractivity contribution in [2.24, 2.45) is 5.92 Å². The van der Waals surface area contributed by atoms with E-state index in [2.05, 4.69) is 34.4 Å². The second-order valence-corrected chi connectivity index (χ2v) is 9.51. The Balaban J connectivity index is 1.23. The summed E-state index contributed by atoms with van der Waals surface area (Å²) in [5.41, 5.74) is 4.34. The zero-order valence-electron chi connectivity index (χ0n) is 20.1. The van der Waals surface area contributed by atoms with E-state index in [0.717, 1.165) is 62.5 Å². The topological polar surface area (TPSA) is 70.5 Å². The van der Waals surface area contributed by atoms with E-state index in [1.54, 1.807) is 0 Å². The van der Waals surface area contributed by atoms with Gasteiger partial charge in [-0.25, -0.2) is 0 Å². The maximum atomic E-state index is 12.7. The molecular weight excluding hydrogens is 414 g/mol. The van der Waals surface area contributed by atoms with Gasteiger partial charge in [0.25, 0.3) is 0 Å². The first-order valence-corrected chi connectivity index (χ1v) is 12.4. The van der Waals surface area contributed by atoms with Crippen LogP contribution in [0.5, 0.6) is 0 Å². The van der Waals surface area contributed by atoms with E-state index in [0.29, 0.717) is 19.0 Å². The second kappa shape index (κ2) is 11.0. The summed E-state index contributed by atoms with van der Waals surface area (Å²) in [6.07, 6.45) is 5.71. The molecular formula is C26H37N5O2. The van der Waals surface area contributed by atoms with Crippen molar-refractivity contribution in [1.82, 2.24) is 24.9 Å². The number of rotatable bonds is 7. The van der Waals surface area contributed by atoms with Crippen LogP contribution in [0.2, 0.25) is 0 Å². The Morgan fingerprint density at radius 3 is 2.39 bits per heavy atom. The van der Waals surface area contributed by atoms with Gasteiger partial charge in [0.2, 0.25) is 11.8 Å². The Hall–Kier alpha value is -2.67. The predicted octanol–water partition coefficient (Wildman–Crippen LogP) is 2.89. The maximum absolute atomic E-state index is 12.7. The van der Waals surface area contributed by atoms with Crippen LogP contribution in [-0.2, 0) is 22.7 Å². The van der Waals surface area contributed by atoms with Gasteiger partial charge in [0.05, 0.1) is 18.8 Å². The number of hydrogen-bond donors (Lipinski definition) is 1. The van der Waals surface area contributed by atoms with Crippen molar-refractivity contribution in [3.8, 4) is 0 Å². The summed E-state index contributed by atoms with van der Waals surface area (Å²) < 4.78 is 2.01. The summed E-state index contributed by atoms with van der Waals surface area (Å²) in [5, 5.41) is 7.76. The lowest BCUT2D eigenvalue weighted by atomic mass is 9.88. The molecule has 1 N–H and O–H groups in total. The zero-order valence-corrected chi connectivity index (χ0v) is 20.1. The van der Waals surface area contributed by atoms with Gasteiger partial charge in [0.15, 0.2) is 0 Å². The van der Waals surface area contributed by atoms with Crippen molar-refractivity contribution in [1.29, 1.82) is 0 Å². The number of amides is 2. The number of piperazine rings is 1. The van der Waals surface area contributed by atoms with Gasteiger partial charge < -0.3 is 10.2 Å². The Bertz CT molecular complexity index is 941. The first-order chi connectivity index (χ1) is 16.0. The van der Waals surface area contributed by atoms with Gasteiger partial charge in [-0.05, 0) is 32.3 Å². The molecule has 7 nitrogen and oxygen atoms in total. The Labute approximate surface area is 197 Å². The molecule has 1 aromatic heterocycles. The van der Waals surface area contributed by atoms with Gasteiger partial charge >= 0.3 is 0 Å². The van der Waals surface area contributed by atoms with Crippen molar-refractivity contribution >= 4 is 11.8 Å². The quantitative estimate of drug-likeness (QED) is 0.703. The van der Waals surface area contributed by atoms with E-state index in [9.17, 15) is 9.59 Å². The largest absolute Gasteiger partial charge is 0.351 e. The molecule has 0 bridgehead atoms. The minimum absolute atomic E-state index is 0.0247. The molecule has 7 heteroatoms. The molecule has 2 fully saturated rings. The Morgan fingerprint density at radius 1 is 1.00 bits per heavy atom. The standard InChI is InChI=1S/C26H37N5O2/c1-20-24(21(2)31(28-20)18-22-9-5-3-6-10-22)17-27-25(32)19-29-13-15-30(16-14-29)26(33)23-11-7-4-8-12-23/h3,5-6,9-10,23H,4,7-8,11-19H2,1-2H3,(H,27,32). The second-order valence-electron chi connectivity index (χ2n) is 9.51. The highest BCUT2D eigenvalue weighted by molar-refractivity contribution is 5.79. The zero-order chi connectivity index (χ0) is 23.2. The number of carbonyl (C=O) groups is 2. The minimum atomic E-state index is 0.0247. The molecule has 0 atom stereocenters. The van der Waals surface area contributed by atoms with E-state index < -0.39 is 0 Å². The smallest absolute Gasteiger partial charge is 0.234 e. The van der Waals surface area contributed by atoms with Gasteiger partial charge in [-0.15, -0.1) is 0 Å². The van der Waals surface area contributed by atoms with Crippen molar-refractivity contribution in [2.45, 2.75) is 59.0 Å². The van der Waals surface area contributed by atoms with E-state index in [1.165, 1.54) is 24.8 Å². The lowest BCUT2D eigenvalue weighted by molar-refractivity contribution is -0.138. The van der Waals surface area contributed by atoms with E-state index >= 15 is 0 Å². The maximum Gasteiger partial charge on any atom is 0.234 e. The summed E-state index contributed by atoms with van der Waals surface area (Å²) in [6, 6.07) is 10.3. The van der Waals surface area contributed by atoms with Crippen LogP contribution in [0.3, 0.4) is 0 Å². The van der Waals surface area contributed by atoms with E-state index in [4.69, 9.17) is 0 Å². The fourth-order valence-electron chi connectivity index (χ4n) is 5.08. The summed E-state index contributed by atoms with van der Waals surface area (Å²) >= 11 is 0. The predicted molar refractivity (Wildman–Crippen MR) is 129 cm³/mol. The van der Waals surface area contributed by atoms with Gasteiger partial charge in [0.1, 0.15) is 0 Å². The molecule has 33 heavy (non-hydrogen) atoms. The number of benzene rings is 1. The summed E-state index contributed by atoms with van der Waals surface area (Å²) in [7, 11) is 0. The summed E-state index contributed by atoms with van der Waals surface area (Å²) in [4.78, 5) is 29.5. The highest BCUT2D eigenvalue weighted by Crippen LogP contribution is 2.25. The fourth-order valence-corrected chi connectivity index (χ4v) is 5.08. The molecule has 1 saturated heterocycles. The lowest BCUT2D eigenvalue weighted by Crippen LogP contribution is -2.52. The highest BCUT2D eigenvalue weighted by Gasteiger charge is 2.28. The highest BCUT2D eigenvalue weighted by atomic mass is 16.2. The molecule has 1 saturated carbocycles. The molecule has 2 aliphatic rings. The Morgan fingerprint density at radius 2 is 1.70 bits per heavy atom. The molecule has 0 radical (unpaired) electrons. The van der Waals surface area contributed by atoms with Crippen molar-refractivity contribution in [3.63, 3.8) is 0 Å². The van der Waals surface area contributed by atoms with Crippen LogP contribution in [0.15, 0.2) is 30.3 Å². The number of aromatic nitrogens is 2. The van der Waals surface area contributed by atoms with Gasteiger partial charge in [0, 0.05) is 49.9 Å². The van der Waals surface area contributed by atoms with Crippen LogP contribution >= 0.6 is 0 Å². The summed E-state index contributed by atoms with van der Waals surface area (Å²) in [6.45, 7) is 8.64. The van der Waals surface area contributed by atoms with Crippen molar-refractivity contribution < 1.29 is 9.59 Å². The lowest BCUT2D eigenvalue weighted by Gasteiger charge is -2.36. The third-order valence-electron chi connectivity index (χ3n) is 7.17. The molecule has 2 amide bonds. The molecule has 1 aliphatic heterocycles.